The summed E-state index contributed by atoms with van der Waals surface area (Å²) in [5.41, 5.74) is -0.0218. The highest BCUT2D eigenvalue weighted by molar-refractivity contribution is 9.10. The maximum atomic E-state index is 9.88. The smallest absolute Gasteiger partial charge is 0.175 e. The second-order valence-corrected chi connectivity index (χ2v) is 6.22. The number of aliphatic hydroxyl groups excluding tert-OH is 1. The van der Waals surface area contributed by atoms with Crippen LogP contribution in [-0.4, -0.2) is 37.0 Å². The lowest BCUT2D eigenvalue weighted by atomic mass is 10.1. The fourth-order valence-electron chi connectivity index (χ4n) is 1.45. The summed E-state index contributed by atoms with van der Waals surface area (Å²) in [7, 11) is 1.59. The molecule has 0 aromatic heterocycles. The molecule has 108 valence electrons. The molecule has 5 heteroatoms. The number of nitrogens with one attached hydrogen (secondary N) is 1. The number of halogens is 1. The Morgan fingerprint density at radius 3 is 2.63 bits per heavy atom. The molecule has 0 radical (unpaired) electrons. The molecule has 1 rings (SSSR count). The Hall–Kier alpha value is -0.780. The number of para-hydroxylation sites is 1. The quantitative estimate of drug-likeness (QED) is 0.841. The number of β-amino-alcohol motifs (C(OH)–C–C–N with tert-alkyl or cyclic N) is 1. The minimum Gasteiger partial charge on any atom is -0.493 e. The lowest BCUT2D eigenvalue weighted by Crippen LogP contribution is -2.42. The van der Waals surface area contributed by atoms with Gasteiger partial charge in [0.2, 0.25) is 0 Å². The van der Waals surface area contributed by atoms with Gasteiger partial charge in [0.25, 0.3) is 0 Å². The molecule has 2 N–H and O–H groups in total. The van der Waals surface area contributed by atoms with Crippen LogP contribution in [0.3, 0.4) is 0 Å². The number of ether oxygens (including phenoxy) is 2. The van der Waals surface area contributed by atoms with Crippen LogP contribution in [0, 0.1) is 0 Å². The van der Waals surface area contributed by atoms with E-state index in [-0.39, 0.29) is 12.1 Å². The summed E-state index contributed by atoms with van der Waals surface area (Å²) in [6, 6.07) is 5.56. The maximum absolute atomic E-state index is 9.88. The minimum absolute atomic E-state index is 0.0218. The van der Waals surface area contributed by atoms with Gasteiger partial charge in [-0.1, -0.05) is 6.07 Å². The lowest BCUT2D eigenvalue weighted by molar-refractivity contribution is 0.0981. The number of benzene rings is 1. The minimum atomic E-state index is -0.573. The van der Waals surface area contributed by atoms with Crippen molar-refractivity contribution in [3.63, 3.8) is 0 Å². The van der Waals surface area contributed by atoms with E-state index in [2.05, 4.69) is 42.0 Å². The first-order chi connectivity index (χ1) is 8.83. The number of hydrogen-bond donors (Lipinski definition) is 2. The predicted molar refractivity (Wildman–Crippen MR) is 80.0 cm³/mol. The van der Waals surface area contributed by atoms with E-state index < -0.39 is 6.10 Å². The molecular formula is C14H22BrNO3. The Bertz CT molecular complexity index is 404. The van der Waals surface area contributed by atoms with Crippen molar-refractivity contribution < 1.29 is 14.6 Å². The zero-order valence-corrected chi connectivity index (χ0v) is 13.5. The molecular weight excluding hydrogens is 310 g/mol. The molecule has 1 atom stereocenters. The van der Waals surface area contributed by atoms with E-state index in [0.29, 0.717) is 18.0 Å². The molecule has 0 amide bonds. The highest BCUT2D eigenvalue weighted by atomic mass is 79.9. The molecule has 4 nitrogen and oxygen atoms in total. The number of hydrogen-bond acceptors (Lipinski definition) is 4. The molecule has 0 spiro atoms. The van der Waals surface area contributed by atoms with Gasteiger partial charge in [0, 0.05) is 12.1 Å². The third kappa shape index (κ3) is 5.80. The molecule has 0 heterocycles. The van der Waals surface area contributed by atoms with Crippen LogP contribution in [0.1, 0.15) is 20.8 Å². The third-order valence-corrected chi connectivity index (χ3v) is 3.06. The molecule has 19 heavy (non-hydrogen) atoms. The van der Waals surface area contributed by atoms with Crippen molar-refractivity contribution in [2.45, 2.75) is 32.4 Å². The monoisotopic (exact) mass is 331 g/mol. The van der Waals surface area contributed by atoms with Crippen LogP contribution < -0.4 is 14.8 Å². The largest absolute Gasteiger partial charge is 0.493 e. The Morgan fingerprint density at radius 1 is 1.37 bits per heavy atom. The van der Waals surface area contributed by atoms with Crippen molar-refractivity contribution in [1.82, 2.24) is 5.32 Å². The summed E-state index contributed by atoms with van der Waals surface area (Å²) in [6.45, 7) is 6.85. The van der Waals surface area contributed by atoms with Gasteiger partial charge in [0.05, 0.1) is 11.6 Å². The summed E-state index contributed by atoms with van der Waals surface area (Å²) in [5, 5.41) is 13.1. The Balaban J connectivity index is 2.53. The molecule has 1 unspecified atom stereocenters. The Labute approximate surface area is 123 Å². The standard InChI is InChI=1S/C14H22BrNO3/c1-14(2,3)16-8-10(17)9-19-13-11(15)6-5-7-12(13)18-4/h5-7,10,16-17H,8-9H2,1-4H3. The van der Waals surface area contributed by atoms with Gasteiger partial charge >= 0.3 is 0 Å². The fraction of sp³-hybridized carbons (Fsp3) is 0.571. The van der Waals surface area contributed by atoms with Crippen LogP contribution >= 0.6 is 15.9 Å². The molecule has 0 aliphatic carbocycles. The van der Waals surface area contributed by atoms with Gasteiger partial charge in [0.15, 0.2) is 11.5 Å². The van der Waals surface area contributed by atoms with Crippen molar-refractivity contribution in [1.29, 1.82) is 0 Å². The van der Waals surface area contributed by atoms with Gasteiger partial charge in [-0.05, 0) is 48.8 Å². The van der Waals surface area contributed by atoms with E-state index in [1.54, 1.807) is 7.11 Å². The zero-order chi connectivity index (χ0) is 14.5. The first-order valence-electron chi connectivity index (χ1n) is 6.22. The lowest BCUT2D eigenvalue weighted by Gasteiger charge is -2.23. The van der Waals surface area contributed by atoms with Gasteiger partial charge in [0.1, 0.15) is 12.7 Å². The van der Waals surface area contributed by atoms with Crippen molar-refractivity contribution in [3.8, 4) is 11.5 Å². The number of methoxy groups -OCH3 is 1. The summed E-state index contributed by atoms with van der Waals surface area (Å²) in [6.07, 6.45) is -0.573. The molecule has 0 saturated carbocycles. The van der Waals surface area contributed by atoms with Crippen molar-refractivity contribution in [2.24, 2.45) is 0 Å². The molecule has 0 aliphatic heterocycles. The van der Waals surface area contributed by atoms with E-state index in [9.17, 15) is 5.11 Å². The molecule has 0 aliphatic rings. The summed E-state index contributed by atoms with van der Waals surface area (Å²) < 4.78 is 11.7. The zero-order valence-electron chi connectivity index (χ0n) is 11.9. The first kappa shape index (κ1) is 16.3. The second-order valence-electron chi connectivity index (χ2n) is 5.37. The Morgan fingerprint density at radius 2 is 2.05 bits per heavy atom. The summed E-state index contributed by atoms with van der Waals surface area (Å²) in [4.78, 5) is 0. The summed E-state index contributed by atoms with van der Waals surface area (Å²) >= 11 is 3.41. The van der Waals surface area contributed by atoms with Gasteiger partial charge < -0.3 is 19.9 Å². The van der Waals surface area contributed by atoms with Crippen molar-refractivity contribution >= 4 is 15.9 Å². The third-order valence-electron chi connectivity index (χ3n) is 2.44. The average molecular weight is 332 g/mol. The molecule has 1 aromatic carbocycles. The Kier molecular flexibility index (Phi) is 6.10. The van der Waals surface area contributed by atoms with Crippen LogP contribution in [-0.2, 0) is 0 Å². The highest BCUT2D eigenvalue weighted by Crippen LogP contribution is 2.34. The molecule has 0 saturated heterocycles. The molecule has 0 bridgehead atoms. The van der Waals surface area contributed by atoms with Crippen molar-refractivity contribution in [3.05, 3.63) is 22.7 Å². The van der Waals surface area contributed by atoms with E-state index in [1.165, 1.54) is 0 Å². The number of rotatable bonds is 6. The van der Waals surface area contributed by atoms with Crippen molar-refractivity contribution in [2.75, 3.05) is 20.3 Å². The van der Waals surface area contributed by atoms with Crippen LogP contribution in [0.15, 0.2) is 22.7 Å². The summed E-state index contributed by atoms with van der Waals surface area (Å²) in [5.74, 6) is 1.25. The number of aliphatic hydroxyl groups is 1. The predicted octanol–water partition coefficient (Wildman–Crippen LogP) is 2.59. The molecule has 0 fully saturated rings. The normalized spacial score (nSPS) is 13.2. The van der Waals surface area contributed by atoms with Gasteiger partial charge in [-0.15, -0.1) is 0 Å². The van der Waals surface area contributed by atoms with E-state index in [1.807, 2.05) is 18.2 Å². The van der Waals surface area contributed by atoms with Crippen LogP contribution in [0.5, 0.6) is 11.5 Å². The second kappa shape index (κ2) is 7.12. The fourth-order valence-corrected chi connectivity index (χ4v) is 1.91. The van der Waals surface area contributed by atoms with Crippen LogP contribution in [0.25, 0.3) is 0 Å². The van der Waals surface area contributed by atoms with Crippen LogP contribution in [0.2, 0.25) is 0 Å². The average Bonchev–Trinajstić information content (AvgIpc) is 2.33. The maximum Gasteiger partial charge on any atom is 0.175 e. The topological polar surface area (TPSA) is 50.7 Å². The highest BCUT2D eigenvalue weighted by Gasteiger charge is 2.14. The SMILES string of the molecule is COc1cccc(Br)c1OCC(O)CNC(C)(C)C. The van der Waals surface area contributed by atoms with Gasteiger partial charge in [-0.3, -0.25) is 0 Å². The van der Waals surface area contributed by atoms with E-state index >= 15 is 0 Å². The van der Waals surface area contributed by atoms with Crippen LogP contribution in [0.4, 0.5) is 0 Å². The first-order valence-corrected chi connectivity index (χ1v) is 7.01. The molecule has 1 aromatic rings. The van der Waals surface area contributed by atoms with Gasteiger partial charge in [-0.2, -0.15) is 0 Å². The van der Waals surface area contributed by atoms with Gasteiger partial charge in [-0.25, -0.2) is 0 Å². The van der Waals surface area contributed by atoms with E-state index in [0.717, 1.165) is 4.47 Å². The van der Waals surface area contributed by atoms with E-state index in [4.69, 9.17) is 9.47 Å².